The fourth-order valence-corrected chi connectivity index (χ4v) is 3.46. The number of nitrogens with zero attached hydrogens (tertiary/aromatic N) is 2. The van der Waals surface area contributed by atoms with Crippen molar-refractivity contribution < 1.29 is 0 Å². The van der Waals surface area contributed by atoms with Crippen LogP contribution in [-0.4, -0.2) is 15.4 Å². The zero-order valence-corrected chi connectivity index (χ0v) is 13.8. The van der Waals surface area contributed by atoms with E-state index >= 15 is 0 Å². The molecule has 20 heavy (non-hydrogen) atoms. The van der Waals surface area contributed by atoms with Gasteiger partial charge in [-0.2, -0.15) is 0 Å². The number of hydrogen-bond donors (Lipinski definition) is 0. The maximum Gasteiger partial charge on any atom is 0.111 e. The Kier molecular flexibility index (Phi) is 4.74. The van der Waals surface area contributed by atoms with Crippen LogP contribution in [0.3, 0.4) is 0 Å². The van der Waals surface area contributed by atoms with Gasteiger partial charge in [0.1, 0.15) is 5.82 Å². The second kappa shape index (κ2) is 6.17. The molecule has 2 rings (SSSR count). The molecule has 1 aromatic heterocycles. The molecule has 0 aliphatic carbocycles. The standard InChI is InChI=1S/C17H25ClN2/c1-5-17(6-2,7-3)20-14-10-8-9-13(4)16(14)19-15(20)11-12-18/h8-10H,5-7,11-12H2,1-4H3. The molecule has 2 nitrogen and oxygen atoms in total. The average molecular weight is 293 g/mol. The summed E-state index contributed by atoms with van der Waals surface area (Å²) < 4.78 is 2.47. The van der Waals surface area contributed by atoms with E-state index in [4.69, 9.17) is 16.6 Å². The van der Waals surface area contributed by atoms with E-state index in [0.717, 1.165) is 37.0 Å². The molecule has 3 heteroatoms. The van der Waals surface area contributed by atoms with Gasteiger partial charge in [-0.05, 0) is 37.8 Å². The minimum absolute atomic E-state index is 0.157. The minimum atomic E-state index is 0.157. The predicted molar refractivity (Wildman–Crippen MR) is 87.7 cm³/mol. The first kappa shape index (κ1) is 15.4. The van der Waals surface area contributed by atoms with Crippen molar-refractivity contribution in [3.05, 3.63) is 29.6 Å². The molecular formula is C17H25ClN2. The predicted octanol–water partition coefficient (Wildman–Crippen LogP) is 5.05. The lowest BCUT2D eigenvalue weighted by molar-refractivity contribution is 0.251. The number of halogens is 1. The Balaban J connectivity index is 2.77. The van der Waals surface area contributed by atoms with Crippen LogP contribution in [0.4, 0.5) is 0 Å². The lowest BCUT2D eigenvalue weighted by atomic mass is 9.89. The minimum Gasteiger partial charge on any atom is -0.322 e. The van der Waals surface area contributed by atoms with E-state index in [1.807, 2.05) is 0 Å². The number of rotatable bonds is 6. The van der Waals surface area contributed by atoms with Crippen LogP contribution in [0.5, 0.6) is 0 Å². The highest BCUT2D eigenvalue weighted by Crippen LogP contribution is 2.35. The molecule has 0 atom stereocenters. The molecule has 0 aliphatic rings. The maximum absolute atomic E-state index is 6.00. The first-order valence-electron chi connectivity index (χ1n) is 7.66. The summed E-state index contributed by atoms with van der Waals surface area (Å²) in [5.41, 5.74) is 3.79. The van der Waals surface area contributed by atoms with E-state index in [1.54, 1.807) is 0 Å². The smallest absolute Gasteiger partial charge is 0.111 e. The molecule has 0 bridgehead atoms. The van der Waals surface area contributed by atoms with Gasteiger partial charge in [-0.25, -0.2) is 4.98 Å². The molecule has 0 fully saturated rings. The van der Waals surface area contributed by atoms with Crippen LogP contribution in [-0.2, 0) is 12.0 Å². The van der Waals surface area contributed by atoms with Crippen molar-refractivity contribution in [3.63, 3.8) is 0 Å². The van der Waals surface area contributed by atoms with E-state index in [0.29, 0.717) is 5.88 Å². The van der Waals surface area contributed by atoms with Gasteiger partial charge in [-0.15, -0.1) is 11.6 Å². The van der Waals surface area contributed by atoms with Gasteiger partial charge in [0.15, 0.2) is 0 Å². The van der Waals surface area contributed by atoms with Gasteiger partial charge in [-0.1, -0.05) is 32.9 Å². The third-order valence-corrected chi connectivity index (χ3v) is 4.91. The highest BCUT2D eigenvalue weighted by atomic mass is 35.5. The summed E-state index contributed by atoms with van der Waals surface area (Å²) in [6, 6.07) is 6.46. The van der Waals surface area contributed by atoms with Crippen LogP contribution >= 0.6 is 11.6 Å². The lowest BCUT2D eigenvalue weighted by Gasteiger charge is -2.34. The molecule has 0 N–H and O–H groups in total. The van der Waals surface area contributed by atoms with Crippen molar-refractivity contribution in [2.45, 2.75) is 58.9 Å². The summed E-state index contributed by atoms with van der Waals surface area (Å²) in [5.74, 6) is 1.75. The van der Waals surface area contributed by atoms with Crippen LogP contribution in [0.15, 0.2) is 18.2 Å². The summed E-state index contributed by atoms with van der Waals surface area (Å²) in [5, 5.41) is 0. The number of para-hydroxylation sites is 1. The lowest BCUT2D eigenvalue weighted by Crippen LogP contribution is -2.33. The van der Waals surface area contributed by atoms with Gasteiger partial charge in [0.05, 0.1) is 11.0 Å². The Morgan fingerprint density at radius 1 is 1.15 bits per heavy atom. The second-order valence-electron chi connectivity index (χ2n) is 5.53. The SMILES string of the molecule is CCC(CC)(CC)n1c(CCCl)nc2c(C)cccc21. The summed E-state index contributed by atoms with van der Waals surface area (Å²) in [7, 11) is 0. The largest absolute Gasteiger partial charge is 0.322 e. The molecule has 0 spiro atoms. The molecule has 2 aromatic rings. The number of alkyl halides is 1. The Morgan fingerprint density at radius 3 is 2.35 bits per heavy atom. The quantitative estimate of drug-likeness (QED) is 0.681. The Hall–Kier alpha value is -1.02. The third kappa shape index (κ3) is 2.35. The monoisotopic (exact) mass is 292 g/mol. The fourth-order valence-electron chi connectivity index (χ4n) is 3.29. The van der Waals surface area contributed by atoms with Crippen molar-refractivity contribution in [2.75, 3.05) is 5.88 Å². The van der Waals surface area contributed by atoms with E-state index < -0.39 is 0 Å². The molecule has 0 amide bonds. The molecule has 0 saturated heterocycles. The van der Waals surface area contributed by atoms with Crippen molar-refractivity contribution in [1.82, 2.24) is 9.55 Å². The molecule has 1 aromatic carbocycles. The number of fused-ring (bicyclic) bond motifs is 1. The highest BCUT2D eigenvalue weighted by molar-refractivity contribution is 6.17. The normalized spacial score (nSPS) is 12.2. The highest BCUT2D eigenvalue weighted by Gasteiger charge is 2.30. The summed E-state index contributed by atoms with van der Waals surface area (Å²) in [6.45, 7) is 8.97. The van der Waals surface area contributed by atoms with E-state index in [-0.39, 0.29) is 5.54 Å². The fraction of sp³-hybridized carbons (Fsp3) is 0.588. The van der Waals surface area contributed by atoms with Gasteiger partial charge < -0.3 is 4.57 Å². The topological polar surface area (TPSA) is 17.8 Å². The number of aryl methyl sites for hydroxylation is 2. The first-order valence-corrected chi connectivity index (χ1v) is 8.20. The zero-order valence-electron chi connectivity index (χ0n) is 13.0. The molecular weight excluding hydrogens is 268 g/mol. The van der Waals surface area contributed by atoms with E-state index in [9.17, 15) is 0 Å². The van der Waals surface area contributed by atoms with Crippen molar-refractivity contribution >= 4 is 22.6 Å². The van der Waals surface area contributed by atoms with Crippen LogP contribution in [0.25, 0.3) is 11.0 Å². The van der Waals surface area contributed by atoms with Gasteiger partial charge in [-0.3, -0.25) is 0 Å². The van der Waals surface area contributed by atoms with Crippen LogP contribution in [0, 0.1) is 6.92 Å². The molecule has 1 heterocycles. The van der Waals surface area contributed by atoms with Gasteiger partial charge >= 0.3 is 0 Å². The van der Waals surface area contributed by atoms with Gasteiger partial charge in [0.2, 0.25) is 0 Å². The van der Waals surface area contributed by atoms with Crippen molar-refractivity contribution in [2.24, 2.45) is 0 Å². The molecule has 0 aliphatic heterocycles. The van der Waals surface area contributed by atoms with Crippen LogP contribution in [0.2, 0.25) is 0 Å². The summed E-state index contributed by atoms with van der Waals surface area (Å²) in [6.07, 6.45) is 4.19. The summed E-state index contributed by atoms with van der Waals surface area (Å²) >= 11 is 6.00. The molecule has 0 radical (unpaired) electrons. The first-order chi connectivity index (χ1) is 9.63. The van der Waals surface area contributed by atoms with Crippen LogP contribution in [0.1, 0.15) is 51.4 Å². The van der Waals surface area contributed by atoms with Crippen LogP contribution < -0.4 is 0 Å². The van der Waals surface area contributed by atoms with Gasteiger partial charge in [0.25, 0.3) is 0 Å². The number of benzene rings is 1. The Bertz CT molecular complexity index is 574. The molecule has 0 saturated carbocycles. The zero-order chi connectivity index (χ0) is 14.8. The maximum atomic E-state index is 6.00. The Labute approximate surface area is 127 Å². The Morgan fingerprint density at radius 2 is 1.80 bits per heavy atom. The van der Waals surface area contributed by atoms with E-state index in [2.05, 4.69) is 50.5 Å². The summed E-state index contributed by atoms with van der Waals surface area (Å²) in [4.78, 5) is 4.89. The molecule has 110 valence electrons. The number of aromatic nitrogens is 2. The number of imidazole rings is 1. The van der Waals surface area contributed by atoms with Crippen molar-refractivity contribution in [3.8, 4) is 0 Å². The number of hydrogen-bond acceptors (Lipinski definition) is 1. The van der Waals surface area contributed by atoms with Gasteiger partial charge in [0, 0.05) is 17.8 Å². The average Bonchev–Trinajstić information content (AvgIpc) is 2.83. The van der Waals surface area contributed by atoms with Crippen molar-refractivity contribution in [1.29, 1.82) is 0 Å². The van der Waals surface area contributed by atoms with E-state index in [1.165, 1.54) is 11.1 Å². The molecule has 0 unspecified atom stereocenters. The third-order valence-electron chi connectivity index (χ3n) is 4.72. The second-order valence-corrected chi connectivity index (χ2v) is 5.91.